The van der Waals surface area contributed by atoms with Gasteiger partial charge in [-0.1, -0.05) is 30.3 Å². The fourth-order valence-electron chi connectivity index (χ4n) is 3.04. The average molecular weight is 401 g/mol. The van der Waals surface area contributed by atoms with Crippen molar-refractivity contribution in [1.29, 1.82) is 0 Å². The van der Waals surface area contributed by atoms with Gasteiger partial charge in [-0.25, -0.2) is 4.99 Å². The highest BCUT2D eigenvalue weighted by atomic mass is 127. The van der Waals surface area contributed by atoms with Crippen molar-refractivity contribution >= 4 is 29.9 Å². The molecule has 0 aromatic heterocycles. The smallest absolute Gasteiger partial charge is 0.191 e. The van der Waals surface area contributed by atoms with Gasteiger partial charge >= 0.3 is 0 Å². The number of aliphatic imine (C=N–C) groups is 1. The molecule has 2 N–H and O–H groups in total. The molecule has 0 amide bonds. The summed E-state index contributed by atoms with van der Waals surface area (Å²) < 4.78 is 5.88. The van der Waals surface area contributed by atoms with E-state index in [2.05, 4.69) is 46.8 Å². The first kappa shape index (κ1) is 16.5. The summed E-state index contributed by atoms with van der Waals surface area (Å²) in [6.07, 6.45) is 4.36. The summed E-state index contributed by atoms with van der Waals surface area (Å²) in [5.74, 6) is 0.900. The van der Waals surface area contributed by atoms with Crippen LogP contribution in [0.2, 0.25) is 0 Å². The van der Waals surface area contributed by atoms with Crippen LogP contribution in [0.15, 0.2) is 35.3 Å². The Morgan fingerprint density at radius 3 is 2.71 bits per heavy atom. The third kappa shape index (κ3) is 4.32. The van der Waals surface area contributed by atoms with Crippen LogP contribution in [-0.2, 0) is 11.3 Å². The highest BCUT2D eigenvalue weighted by Crippen LogP contribution is 2.34. The van der Waals surface area contributed by atoms with Gasteiger partial charge in [-0.2, -0.15) is 0 Å². The molecule has 0 saturated carbocycles. The van der Waals surface area contributed by atoms with Gasteiger partial charge in [0.2, 0.25) is 0 Å². The standard InChI is InChI=1S/C16H23N3O.HI/c1-2-17-16(18-11-12-6-4-3-5-7-12)19-14-10-13-8-9-15(14)20-13;/h3-7,13-15H,2,8-11H2,1H3,(H2,17,18,19);1H. The highest BCUT2D eigenvalue weighted by Gasteiger charge is 2.41. The topological polar surface area (TPSA) is 45.7 Å². The molecule has 116 valence electrons. The van der Waals surface area contributed by atoms with Crippen LogP contribution in [0, 0.1) is 0 Å². The number of hydrogen-bond donors (Lipinski definition) is 2. The molecule has 4 nitrogen and oxygen atoms in total. The molecule has 0 radical (unpaired) electrons. The highest BCUT2D eigenvalue weighted by molar-refractivity contribution is 14.0. The normalized spacial score (nSPS) is 27.3. The molecule has 2 fully saturated rings. The van der Waals surface area contributed by atoms with Crippen molar-refractivity contribution < 1.29 is 4.74 Å². The maximum Gasteiger partial charge on any atom is 0.191 e. The maximum absolute atomic E-state index is 5.88. The summed E-state index contributed by atoms with van der Waals surface area (Å²) in [7, 11) is 0. The van der Waals surface area contributed by atoms with Crippen molar-refractivity contribution in [1.82, 2.24) is 10.6 Å². The second-order valence-corrected chi connectivity index (χ2v) is 5.54. The van der Waals surface area contributed by atoms with Crippen molar-refractivity contribution in [2.45, 2.75) is 51.0 Å². The van der Waals surface area contributed by atoms with E-state index in [9.17, 15) is 0 Å². The maximum atomic E-state index is 5.88. The lowest BCUT2D eigenvalue weighted by Crippen LogP contribution is -2.47. The zero-order chi connectivity index (χ0) is 13.8. The van der Waals surface area contributed by atoms with E-state index >= 15 is 0 Å². The first-order chi connectivity index (χ1) is 9.85. The molecule has 3 atom stereocenters. The van der Waals surface area contributed by atoms with Crippen LogP contribution in [0.4, 0.5) is 0 Å². The third-order valence-electron chi connectivity index (χ3n) is 4.03. The van der Waals surface area contributed by atoms with Crippen molar-refractivity contribution in [3.63, 3.8) is 0 Å². The summed E-state index contributed by atoms with van der Waals surface area (Å²) in [6, 6.07) is 10.8. The molecule has 3 unspecified atom stereocenters. The molecule has 3 rings (SSSR count). The minimum Gasteiger partial charge on any atom is -0.373 e. The zero-order valence-corrected chi connectivity index (χ0v) is 14.7. The number of benzene rings is 1. The number of hydrogen-bond acceptors (Lipinski definition) is 2. The second-order valence-electron chi connectivity index (χ2n) is 5.54. The Morgan fingerprint density at radius 1 is 1.29 bits per heavy atom. The molecular weight excluding hydrogens is 377 g/mol. The fraction of sp³-hybridized carbons (Fsp3) is 0.562. The lowest BCUT2D eigenvalue weighted by Gasteiger charge is -2.22. The van der Waals surface area contributed by atoms with Crippen LogP contribution in [0.3, 0.4) is 0 Å². The number of ether oxygens (including phenoxy) is 1. The Hall–Kier alpha value is -0.820. The monoisotopic (exact) mass is 401 g/mol. The molecule has 2 saturated heterocycles. The Labute approximate surface area is 143 Å². The van der Waals surface area contributed by atoms with E-state index in [-0.39, 0.29) is 24.0 Å². The van der Waals surface area contributed by atoms with E-state index in [4.69, 9.17) is 4.74 Å². The fourth-order valence-corrected chi connectivity index (χ4v) is 3.04. The minimum atomic E-state index is 0. The first-order valence-electron chi connectivity index (χ1n) is 7.59. The van der Waals surface area contributed by atoms with E-state index in [0.29, 0.717) is 24.8 Å². The second kappa shape index (κ2) is 7.98. The number of nitrogens with zero attached hydrogens (tertiary/aromatic N) is 1. The van der Waals surface area contributed by atoms with Crippen LogP contribution >= 0.6 is 24.0 Å². The van der Waals surface area contributed by atoms with Crippen LogP contribution in [0.5, 0.6) is 0 Å². The molecule has 2 aliphatic heterocycles. The van der Waals surface area contributed by atoms with Gasteiger partial charge < -0.3 is 15.4 Å². The van der Waals surface area contributed by atoms with Crippen LogP contribution < -0.4 is 10.6 Å². The van der Waals surface area contributed by atoms with Gasteiger partial charge in [0, 0.05) is 6.54 Å². The summed E-state index contributed by atoms with van der Waals surface area (Å²) in [6.45, 7) is 3.68. The molecule has 21 heavy (non-hydrogen) atoms. The van der Waals surface area contributed by atoms with Crippen molar-refractivity contribution in [3.05, 3.63) is 35.9 Å². The summed E-state index contributed by atoms with van der Waals surface area (Å²) in [4.78, 5) is 4.67. The SMILES string of the molecule is CCNC(=NCc1ccccc1)NC1CC2CCC1O2.I. The summed E-state index contributed by atoms with van der Waals surface area (Å²) in [5, 5.41) is 6.85. The number of fused-ring (bicyclic) bond motifs is 2. The van der Waals surface area contributed by atoms with Gasteiger partial charge in [0.05, 0.1) is 24.8 Å². The van der Waals surface area contributed by atoms with E-state index in [1.165, 1.54) is 18.4 Å². The predicted octanol–water partition coefficient (Wildman–Crippen LogP) is 2.68. The Morgan fingerprint density at radius 2 is 2.10 bits per heavy atom. The molecular formula is C16H24IN3O. The van der Waals surface area contributed by atoms with Gasteiger partial charge in [-0.05, 0) is 31.7 Å². The summed E-state index contributed by atoms with van der Waals surface area (Å²) in [5.41, 5.74) is 1.23. The Balaban J connectivity index is 0.00000161. The lowest BCUT2D eigenvalue weighted by atomic mass is 9.96. The van der Waals surface area contributed by atoms with Gasteiger partial charge in [-0.3, -0.25) is 0 Å². The van der Waals surface area contributed by atoms with Gasteiger partial charge in [0.15, 0.2) is 5.96 Å². The molecule has 1 aromatic carbocycles. The first-order valence-corrected chi connectivity index (χ1v) is 7.59. The Bertz CT molecular complexity index is 466. The molecule has 2 aliphatic rings. The quantitative estimate of drug-likeness (QED) is 0.463. The molecule has 1 aromatic rings. The van der Waals surface area contributed by atoms with Crippen molar-refractivity contribution in [3.8, 4) is 0 Å². The molecule has 2 bridgehead atoms. The minimum absolute atomic E-state index is 0. The number of rotatable bonds is 4. The van der Waals surface area contributed by atoms with Crippen LogP contribution in [0.25, 0.3) is 0 Å². The number of nitrogens with one attached hydrogen (secondary N) is 2. The van der Waals surface area contributed by atoms with Crippen LogP contribution in [0.1, 0.15) is 31.7 Å². The van der Waals surface area contributed by atoms with E-state index in [1.54, 1.807) is 0 Å². The average Bonchev–Trinajstić information content (AvgIpc) is 3.09. The van der Waals surface area contributed by atoms with Crippen molar-refractivity contribution in [2.24, 2.45) is 4.99 Å². The van der Waals surface area contributed by atoms with E-state index in [1.807, 2.05) is 6.07 Å². The van der Waals surface area contributed by atoms with Gasteiger partial charge in [0.1, 0.15) is 0 Å². The predicted molar refractivity (Wildman–Crippen MR) is 96.1 cm³/mol. The van der Waals surface area contributed by atoms with Gasteiger partial charge in [-0.15, -0.1) is 24.0 Å². The molecule has 0 aliphatic carbocycles. The van der Waals surface area contributed by atoms with E-state index < -0.39 is 0 Å². The molecule has 0 spiro atoms. The zero-order valence-electron chi connectivity index (χ0n) is 12.4. The van der Waals surface area contributed by atoms with Gasteiger partial charge in [0.25, 0.3) is 0 Å². The number of halogens is 1. The van der Waals surface area contributed by atoms with Crippen molar-refractivity contribution in [2.75, 3.05) is 6.54 Å². The molecule has 5 heteroatoms. The lowest BCUT2D eigenvalue weighted by molar-refractivity contribution is 0.0992. The van der Waals surface area contributed by atoms with E-state index in [0.717, 1.165) is 18.9 Å². The largest absolute Gasteiger partial charge is 0.373 e. The molecule has 2 heterocycles. The van der Waals surface area contributed by atoms with Crippen LogP contribution in [-0.4, -0.2) is 30.8 Å². The Kier molecular flexibility index (Phi) is 6.29. The number of guanidine groups is 1. The third-order valence-corrected chi connectivity index (χ3v) is 4.03. The summed E-state index contributed by atoms with van der Waals surface area (Å²) >= 11 is 0.